The Morgan fingerprint density at radius 2 is 1.52 bits per heavy atom. The summed E-state index contributed by atoms with van der Waals surface area (Å²) in [6.07, 6.45) is 5.85. The fourth-order valence-electron chi connectivity index (χ4n) is 2.27. The van der Waals surface area contributed by atoms with E-state index in [1.54, 1.807) is 0 Å². The molecule has 108 valence electrons. The summed E-state index contributed by atoms with van der Waals surface area (Å²) in [5.41, 5.74) is 7.34. The van der Waals surface area contributed by atoms with Gasteiger partial charge >= 0.3 is 0 Å². The van der Waals surface area contributed by atoms with Gasteiger partial charge in [-0.05, 0) is 45.4 Å². The number of anilines is 1. The lowest BCUT2D eigenvalue weighted by Crippen LogP contribution is -2.61. The Hall–Kier alpha value is -2.35. The molecule has 0 saturated carbocycles. The molecular weight excluding hydrogens is 256 g/mol. The number of benzene rings is 2. The molecule has 2 aromatic rings. The zero-order valence-electron chi connectivity index (χ0n) is 13.2. The fourth-order valence-corrected chi connectivity index (χ4v) is 2.27. The van der Waals surface area contributed by atoms with Gasteiger partial charge < -0.3 is 5.32 Å². The van der Waals surface area contributed by atoms with Crippen molar-refractivity contribution in [2.75, 3.05) is 5.32 Å². The number of nitrogens with one attached hydrogen (secondary N) is 2. The first-order valence-electron chi connectivity index (χ1n) is 7.22. The van der Waals surface area contributed by atoms with E-state index in [-0.39, 0.29) is 0 Å². The van der Waals surface area contributed by atoms with E-state index < -0.39 is 0 Å². The predicted octanol–water partition coefficient (Wildman–Crippen LogP) is 3.33. The highest BCUT2D eigenvalue weighted by Gasteiger charge is 1.99. The van der Waals surface area contributed by atoms with Gasteiger partial charge in [0.15, 0.2) is 6.21 Å². The Morgan fingerprint density at radius 3 is 2.19 bits per heavy atom. The minimum atomic E-state index is 1.14. The maximum atomic E-state index is 3.30. The van der Waals surface area contributed by atoms with Gasteiger partial charge in [-0.3, -0.25) is 0 Å². The molecule has 0 aliphatic heterocycles. The van der Waals surface area contributed by atoms with Crippen molar-refractivity contribution in [1.82, 2.24) is 0 Å². The second-order valence-corrected chi connectivity index (χ2v) is 5.45. The van der Waals surface area contributed by atoms with Gasteiger partial charge in [0, 0.05) is 29.6 Å². The van der Waals surface area contributed by atoms with Gasteiger partial charge in [0.1, 0.15) is 0 Å². The van der Waals surface area contributed by atoms with Crippen molar-refractivity contribution in [3.8, 4) is 0 Å². The molecule has 2 nitrogen and oxygen atoms in total. The summed E-state index contributed by atoms with van der Waals surface area (Å²) in [5, 5.41) is 3.30. The Labute approximate surface area is 127 Å². The van der Waals surface area contributed by atoms with Crippen LogP contribution in [0.3, 0.4) is 0 Å². The molecule has 2 heteroatoms. The lowest BCUT2D eigenvalue weighted by Gasteiger charge is -2.05. The first-order chi connectivity index (χ1) is 10.1. The molecule has 0 fully saturated rings. The van der Waals surface area contributed by atoms with Crippen molar-refractivity contribution in [3.05, 3.63) is 70.9 Å². The summed E-state index contributed by atoms with van der Waals surface area (Å²) in [6.45, 7) is 8.43. The third-order valence-corrected chi connectivity index (χ3v) is 3.43. The van der Waals surface area contributed by atoms with Crippen molar-refractivity contribution in [2.24, 2.45) is 0 Å². The molecule has 2 N–H and O–H groups in total. The van der Waals surface area contributed by atoms with Crippen LogP contribution >= 0.6 is 0 Å². The molecule has 0 unspecified atom stereocenters. The van der Waals surface area contributed by atoms with Gasteiger partial charge in [-0.25, -0.2) is 4.99 Å². The van der Waals surface area contributed by atoms with Gasteiger partial charge in [-0.2, -0.15) is 0 Å². The molecule has 2 aromatic carbocycles. The molecule has 21 heavy (non-hydrogen) atoms. The highest BCUT2D eigenvalue weighted by molar-refractivity contribution is 5.68. The molecule has 0 bridgehead atoms. The van der Waals surface area contributed by atoms with E-state index in [1.807, 2.05) is 18.5 Å². The van der Waals surface area contributed by atoms with Crippen molar-refractivity contribution in [1.29, 1.82) is 0 Å². The van der Waals surface area contributed by atoms with E-state index in [4.69, 9.17) is 0 Å². The quantitative estimate of drug-likeness (QED) is 0.825. The zero-order valence-corrected chi connectivity index (χ0v) is 13.2. The zero-order chi connectivity index (χ0) is 15.2. The van der Waals surface area contributed by atoms with Crippen LogP contribution in [0.1, 0.15) is 22.3 Å². The Bertz CT molecular complexity index is 682. The highest BCUT2D eigenvalue weighted by Crippen LogP contribution is 2.15. The molecule has 0 heterocycles. The Morgan fingerprint density at radius 1 is 0.857 bits per heavy atom. The summed E-state index contributed by atoms with van der Waals surface area (Å²) in [6, 6.07) is 12.8. The van der Waals surface area contributed by atoms with Crippen molar-refractivity contribution >= 4 is 17.6 Å². The lowest BCUT2D eigenvalue weighted by molar-refractivity contribution is -0.347. The Balaban J connectivity index is 1.97. The monoisotopic (exact) mass is 279 g/mol. The summed E-state index contributed by atoms with van der Waals surface area (Å²) in [7, 11) is 0. The largest absolute Gasteiger partial charge is 0.361 e. The molecule has 0 amide bonds. The molecule has 0 spiro atoms. The van der Waals surface area contributed by atoms with E-state index in [0.29, 0.717) is 0 Å². The molecule has 0 aliphatic carbocycles. The third kappa shape index (κ3) is 4.32. The van der Waals surface area contributed by atoms with Gasteiger partial charge in [-0.1, -0.05) is 29.3 Å². The van der Waals surface area contributed by atoms with Crippen LogP contribution < -0.4 is 10.3 Å². The van der Waals surface area contributed by atoms with Gasteiger partial charge in [0.2, 0.25) is 5.69 Å². The minimum Gasteiger partial charge on any atom is -0.361 e. The summed E-state index contributed by atoms with van der Waals surface area (Å²) in [5.74, 6) is 0. The summed E-state index contributed by atoms with van der Waals surface area (Å²) < 4.78 is 0. The van der Waals surface area contributed by atoms with Crippen LogP contribution in [0.5, 0.6) is 0 Å². The standard InChI is InChI=1S/C19H22N2/c1-14-6-8-18(16(3)12-14)20-10-5-11-21-19-9-7-15(2)13-17(19)4/h5-13,20H,1-4H3/p+1. The van der Waals surface area contributed by atoms with Crippen molar-refractivity contribution in [2.45, 2.75) is 27.7 Å². The fraction of sp³-hybridized carbons (Fsp3) is 0.211. The van der Waals surface area contributed by atoms with E-state index >= 15 is 0 Å². The van der Waals surface area contributed by atoms with Crippen LogP contribution in [-0.4, -0.2) is 6.21 Å². The van der Waals surface area contributed by atoms with Crippen LogP contribution in [0.25, 0.3) is 0 Å². The van der Waals surface area contributed by atoms with Gasteiger partial charge in [-0.15, -0.1) is 0 Å². The second kappa shape index (κ2) is 6.89. The highest BCUT2D eigenvalue weighted by atomic mass is 14.8. The Kier molecular flexibility index (Phi) is 4.94. The lowest BCUT2D eigenvalue weighted by atomic mass is 10.1. The molecule has 0 saturated heterocycles. The topological polar surface area (TPSA) is 26.0 Å². The minimum absolute atomic E-state index is 1.14. The number of hydrogen-bond donors (Lipinski definition) is 2. The van der Waals surface area contributed by atoms with Crippen LogP contribution in [-0.2, 0) is 0 Å². The van der Waals surface area contributed by atoms with Crippen LogP contribution in [0.4, 0.5) is 11.4 Å². The molecule has 0 atom stereocenters. The number of rotatable bonds is 4. The third-order valence-electron chi connectivity index (χ3n) is 3.43. The van der Waals surface area contributed by atoms with Crippen LogP contribution in [0.2, 0.25) is 0 Å². The first kappa shape index (κ1) is 15.0. The molecular formula is C19H23N2+. The number of aryl methyl sites for hydroxylation is 4. The van der Waals surface area contributed by atoms with E-state index in [0.717, 1.165) is 11.4 Å². The SMILES string of the molecule is Cc1ccc(NC=CC=[NH+]c2ccc(C)cc2C)c(C)c1. The average Bonchev–Trinajstić information content (AvgIpc) is 2.42. The maximum absolute atomic E-state index is 3.30. The number of allylic oxidation sites excluding steroid dienone is 1. The van der Waals surface area contributed by atoms with Crippen LogP contribution in [0.15, 0.2) is 48.7 Å². The second-order valence-electron chi connectivity index (χ2n) is 5.45. The molecule has 0 radical (unpaired) electrons. The van der Waals surface area contributed by atoms with Gasteiger partial charge in [0.25, 0.3) is 0 Å². The van der Waals surface area contributed by atoms with Crippen molar-refractivity contribution in [3.63, 3.8) is 0 Å². The van der Waals surface area contributed by atoms with E-state index in [2.05, 4.69) is 74.4 Å². The van der Waals surface area contributed by atoms with E-state index in [9.17, 15) is 0 Å². The smallest absolute Gasteiger partial charge is 0.206 e. The average molecular weight is 279 g/mol. The molecule has 0 aliphatic rings. The van der Waals surface area contributed by atoms with Crippen LogP contribution in [0, 0.1) is 27.7 Å². The normalized spacial score (nSPS) is 11.4. The van der Waals surface area contributed by atoms with Crippen molar-refractivity contribution < 1.29 is 4.99 Å². The first-order valence-corrected chi connectivity index (χ1v) is 7.22. The summed E-state index contributed by atoms with van der Waals surface area (Å²) in [4.78, 5) is 3.30. The number of hydrogen-bond acceptors (Lipinski definition) is 1. The maximum Gasteiger partial charge on any atom is 0.206 e. The summed E-state index contributed by atoms with van der Waals surface area (Å²) >= 11 is 0. The molecule has 2 rings (SSSR count). The predicted molar refractivity (Wildman–Crippen MR) is 91.3 cm³/mol. The van der Waals surface area contributed by atoms with Gasteiger partial charge in [0.05, 0.1) is 0 Å². The molecule has 0 aromatic heterocycles. The van der Waals surface area contributed by atoms with E-state index in [1.165, 1.54) is 22.3 Å².